The standard InChI is InChI=1S/C18H25NO2/c1-18(2)10-4-6-13(12-18)19-11-5-8-14-15(17(20)21)7-3-9-16(14)19/h3,7,9,13H,4-6,8,10-12H2,1-2H3,(H,20,21). The third-order valence-corrected chi connectivity index (χ3v) is 5.14. The molecule has 0 saturated heterocycles. The van der Waals surface area contributed by atoms with Gasteiger partial charge in [0.2, 0.25) is 0 Å². The minimum Gasteiger partial charge on any atom is -0.478 e. The molecule has 0 spiro atoms. The molecule has 0 radical (unpaired) electrons. The van der Waals surface area contributed by atoms with Gasteiger partial charge in [-0.3, -0.25) is 0 Å². The van der Waals surface area contributed by atoms with Crippen LogP contribution in [-0.2, 0) is 6.42 Å². The van der Waals surface area contributed by atoms with Crippen LogP contribution in [0.5, 0.6) is 0 Å². The summed E-state index contributed by atoms with van der Waals surface area (Å²) in [6.45, 7) is 5.78. The van der Waals surface area contributed by atoms with E-state index >= 15 is 0 Å². The molecule has 1 N–H and O–H groups in total. The van der Waals surface area contributed by atoms with E-state index in [4.69, 9.17) is 0 Å². The molecule has 0 amide bonds. The Balaban J connectivity index is 1.94. The zero-order chi connectivity index (χ0) is 15.0. The second-order valence-corrected chi connectivity index (χ2v) is 7.32. The van der Waals surface area contributed by atoms with E-state index in [9.17, 15) is 9.90 Å². The van der Waals surface area contributed by atoms with E-state index in [0.717, 1.165) is 24.9 Å². The molecule has 3 heteroatoms. The lowest BCUT2D eigenvalue weighted by Crippen LogP contribution is -2.44. The summed E-state index contributed by atoms with van der Waals surface area (Å²) in [4.78, 5) is 13.9. The summed E-state index contributed by atoms with van der Waals surface area (Å²) in [6, 6.07) is 6.32. The third kappa shape index (κ3) is 2.78. The summed E-state index contributed by atoms with van der Waals surface area (Å²) in [5.74, 6) is -0.794. The van der Waals surface area contributed by atoms with E-state index in [2.05, 4.69) is 24.8 Å². The van der Waals surface area contributed by atoms with Gasteiger partial charge in [-0.2, -0.15) is 0 Å². The topological polar surface area (TPSA) is 40.5 Å². The minimum absolute atomic E-state index is 0.408. The van der Waals surface area contributed by atoms with E-state index in [0.29, 0.717) is 17.0 Å². The molecule has 3 rings (SSSR count). The third-order valence-electron chi connectivity index (χ3n) is 5.14. The number of nitrogens with zero attached hydrogens (tertiary/aromatic N) is 1. The molecule has 1 saturated carbocycles. The van der Waals surface area contributed by atoms with Gasteiger partial charge in [-0.15, -0.1) is 0 Å². The molecule has 3 nitrogen and oxygen atoms in total. The number of carboxylic acid groups (broad SMARTS) is 1. The van der Waals surface area contributed by atoms with Gasteiger partial charge in [-0.25, -0.2) is 4.79 Å². The van der Waals surface area contributed by atoms with Crippen LogP contribution in [0.1, 0.15) is 61.9 Å². The van der Waals surface area contributed by atoms with Crippen molar-refractivity contribution in [2.45, 2.75) is 58.4 Å². The number of benzene rings is 1. The van der Waals surface area contributed by atoms with Crippen molar-refractivity contribution in [2.75, 3.05) is 11.4 Å². The highest BCUT2D eigenvalue weighted by atomic mass is 16.4. The number of fused-ring (bicyclic) bond motifs is 1. The van der Waals surface area contributed by atoms with Gasteiger partial charge in [0.05, 0.1) is 5.56 Å². The summed E-state index contributed by atoms with van der Waals surface area (Å²) in [5, 5.41) is 9.40. The highest BCUT2D eigenvalue weighted by Crippen LogP contribution is 2.41. The average Bonchev–Trinajstić information content (AvgIpc) is 2.44. The molecule has 1 fully saturated rings. The van der Waals surface area contributed by atoms with Gasteiger partial charge in [0.15, 0.2) is 0 Å². The van der Waals surface area contributed by atoms with Gasteiger partial charge in [-0.05, 0) is 55.2 Å². The Hall–Kier alpha value is -1.51. The lowest BCUT2D eigenvalue weighted by atomic mass is 9.74. The van der Waals surface area contributed by atoms with Crippen LogP contribution in [0.4, 0.5) is 5.69 Å². The molecule has 1 aromatic carbocycles. The van der Waals surface area contributed by atoms with Crippen molar-refractivity contribution >= 4 is 11.7 Å². The molecule has 0 bridgehead atoms. The quantitative estimate of drug-likeness (QED) is 0.890. The maximum absolute atomic E-state index is 11.4. The fourth-order valence-corrected chi connectivity index (χ4v) is 4.16. The molecule has 1 aromatic rings. The van der Waals surface area contributed by atoms with Gasteiger partial charge in [-0.1, -0.05) is 26.3 Å². The van der Waals surface area contributed by atoms with E-state index in [1.165, 1.54) is 31.4 Å². The number of rotatable bonds is 2. The first kappa shape index (κ1) is 14.4. The lowest BCUT2D eigenvalue weighted by molar-refractivity contribution is 0.0695. The zero-order valence-corrected chi connectivity index (χ0v) is 13.1. The molecule has 1 atom stereocenters. The molecule has 1 unspecified atom stereocenters. The van der Waals surface area contributed by atoms with Crippen LogP contribution >= 0.6 is 0 Å². The molecule has 21 heavy (non-hydrogen) atoms. The van der Waals surface area contributed by atoms with Crippen molar-refractivity contribution < 1.29 is 9.90 Å². The summed E-state index contributed by atoms with van der Waals surface area (Å²) in [6.07, 6.45) is 6.99. The second kappa shape index (κ2) is 5.36. The molecular formula is C18H25NO2. The summed E-state index contributed by atoms with van der Waals surface area (Å²) in [5.41, 5.74) is 3.11. The van der Waals surface area contributed by atoms with Gasteiger partial charge in [0.1, 0.15) is 0 Å². The van der Waals surface area contributed by atoms with Crippen LogP contribution in [0, 0.1) is 5.41 Å². The highest BCUT2D eigenvalue weighted by Gasteiger charge is 2.33. The number of anilines is 1. The van der Waals surface area contributed by atoms with Crippen LogP contribution in [0.3, 0.4) is 0 Å². The Morgan fingerprint density at radius 1 is 1.33 bits per heavy atom. The van der Waals surface area contributed by atoms with Crippen LogP contribution < -0.4 is 4.90 Å². The molecular weight excluding hydrogens is 262 g/mol. The number of carboxylic acids is 1. The lowest BCUT2D eigenvalue weighted by Gasteiger charge is -2.44. The SMILES string of the molecule is CC1(C)CCCC(N2CCCc3c(C(=O)O)cccc32)C1. The Kier molecular flexibility index (Phi) is 3.68. The largest absolute Gasteiger partial charge is 0.478 e. The first-order valence-electron chi connectivity index (χ1n) is 8.10. The van der Waals surface area contributed by atoms with Gasteiger partial charge in [0, 0.05) is 18.3 Å². The number of hydrogen-bond acceptors (Lipinski definition) is 2. The molecule has 0 aromatic heterocycles. The monoisotopic (exact) mass is 287 g/mol. The van der Waals surface area contributed by atoms with Crippen molar-refractivity contribution in [3.63, 3.8) is 0 Å². The fraction of sp³-hybridized carbons (Fsp3) is 0.611. The van der Waals surface area contributed by atoms with Crippen LogP contribution in [0.25, 0.3) is 0 Å². The van der Waals surface area contributed by atoms with Gasteiger partial charge >= 0.3 is 5.97 Å². The smallest absolute Gasteiger partial charge is 0.336 e. The second-order valence-electron chi connectivity index (χ2n) is 7.32. The number of aromatic carboxylic acids is 1. The highest BCUT2D eigenvalue weighted by molar-refractivity contribution is 5.91. The summed E-state index contributed by atoms with van der Waals surface area (Å²) >= 11 is 0. The Labute approximate surface area is 127 Å². The predicted octanol–water partition coefficient (Wildman–Crippen LogP) is 4.11. The Morgan fingerprint density at radius 2 is 2.14 bits per heavy atom. The Bertz CT molecular complexity index is 550. The zero-order valence-electron chi connectivity index (χ0n) is 13.1. The van der Waals surface area contributed by atoms with Crippen LogP contribution in [0.15, 0.2) is 18.2 Å². The van der Waals surface area contributed by atoms with Gasteiger partial charge < -0.3 is 10.0 Å². The number of carbonyl (C=O) groups is 1. The molecule has 1 aliphatic heterocycles. The first-order chi connectivity index (χ1) is 9.98. The molecule has 1 aliphatic carbocycles. The maximum atomic E-state index is 11.4. The minimum atomic E-state index is -0.794. The van der Waals surface area contributed by atoms with Crippen molar-refractivity contribution in [1.29, 1.82) is 0 Å². The van der Waals surface area contributed by atoms with E-state index < -0.39 is 5.97 Å². The van der Waals surface area contributed by atoms with Crippen LogP contribution in [-0.4, -0.2) is 23.7 Å². The Morgan fingerprint density at radius 3 is 2.86 bits per heavy atom. The summed E-state index contributed by atoms with van der Waals surface area (Å²) in [7, 11) is 0. The van der Waals surface area contributed by atoms with E-state index in [1.807, 2.05) is 6.07 Å². The van der Waals surface area contributed by atoms with Gasteiger partial charge in [0.25, 0.3) is 0 Å². The molecule has 114 valence electrons. The van der Waals surface area contributed by atoms with Crippen molar-refractivity contribution in [3.05, 3.63) is 29.3 Å². The fourth-order valence-electron chi connectivity index (χ4n) is 4.16. The molecule has 1 heterocycles. The van der Waals surface area contributed by atoms with E-state index in [1.54, 1.807) is 6.07 Å². The molecule has 2 aliphatic rings. The van der Waals surface area contributed by atoms with Crippen molar-refractivity contribution in [2.24, 2.45) is 5.41 Å². The van der Waals surface area contributed by atoms with Crippen molar-refractivity contribution in [1.82, 2.24) is 0 Å². The first-order valence-corrected chi connectivity index (χ1v) is 8.10. The normalized spacial score (nSPS) is 24.5. The van der Waals surface area contributed by atoms with Crippen molar-refractivity contribution in [3.8, 4) is 0 Å². The number of hydrogen-bond donors (Lipinski definition) is 1. The van der Waals surface area contributed by atoms with E-state index in [-0.39, 0.29) is 0 Å². The maximum Gasteiger partial charge on any atom is 0.336 e. The average molecular weight is 287 g/mol. The predicted molar refractivity (Wildman–Crippen MR) is 85.1 cm³/mol. The van der Waals surface area contributed by atoms with Crippen LogP contribution in [0.2, 0.25) is 0 Å². The summed E-state index contributed by atoms with van der Waals surface area (Å²) < 4.78 is 0.